The fourth-order valence-corrected chi connectivity index (χ4v) is 3.88. The molecule has 1 saturated heterocycles. The smallest absolute Gasteiger partial charge is 0.221 e. The second-order valence-electron chi connectivity index (χ2n) is 7.99. The summed E-state index contributed by atoms with van der Waals surface area (Å²) in [5, 5.41) is 6.68. The lowest BCUT2D eigenvalue weighted by Crippen LogP contribution is -2.40. The van der Waals surface area contributed by atoms with Crippen molar-refractivity contribution in [1.82, 2.24) is 20.5 Å². The van der Waals surface area contributed by atoms with Crippen LogP contribution in [-0.2, 0) is 24.3 Å². The summed E-state index contributed by atoms with van der Waals surface area (Å²) in [5.74, 6) is 0.602. The summed E-state index contributed by atoms with van der Waals surface area (Å²) in [6, 6.07) is 14.5. The lowest BCUT2D eigenvalue weighted by Gasteiger charge is -2.31. The Morgan fingerprint density at radius 3 is 2.87 bits per heavy atom. The third kappa shape index (κ3) is 7.68. The number of nitrogens with zero attached hydrogens (tertiary/aromatic N) is 3. The van der Waals surface area contributed by atoms with Gasteiger partial charge in [-0.2, -0.15) is 0 Å². The first kappa shape index (κ1) is 22.7. The normalized spacial score (nSPS) is 17.3. The standard InChI is InChI=1S/C24H34N6O/c1-2-26-24(28-13-11-22-10-3-4-12-27-22)29-16-19-7-5-8-20(15-19)17-30-14-6-9-21(18-30)23(25)31/h3-5,7-8,10,12,15,21H,2,6,9,11,13-14,16-18H2,1H3,(H2,25,31)(H2,26,28,29). The number of nitrogens with two attached hydrogens (primary N) is 1. The zero-order chi connectivity index (χ0) is 21.9. The van der Waals surface area contributed by atoms with E-state index in [-0.39, 0.29) is 11.8 Å². The number of nitrogens with one attached hydrogen (secondary N) is 2. The Balaban J connectivity index is 1.53. The third-order valence-electron chi connectivity index (χ3n) is 5.47. The maximum absolute atomic E-state index is 11.5. The average Bonchev–Trinajstić information content (AvgIpc) is 2.78. The summed E-state index contributed by atoms with van der Waals surface area (Å²) in [4.78, 5) is 22.9. The molecule has 0 spiro atoms. The first-order chi connectivity index (χ1) is 15.1. The number of aliphatic imine (C=N–C) groups is 1. The third-order valence-corrected chi connectivity index (χ3v) is 5.47. The molecule has 0 aliphatic carbocycles. The van der Waals surface area contributed by atoms with Crippen molar-refractivity contribution in [2.75, 3.05) is 26.2 Å². The molecule has 1 aliphatic heterocycles. The number of aromatic nitrogens is 1. The molecule has 3 rings (SSSR count). The van der Waals surface area contributed by atoms with Crippen LogP contribution in [0.4, 0.5) is 0 Å². The van der Waals surface area contributed by atoms with Crippen LogP contribution >= 0.6 is 0 Å². The highest BCUT2D eigenvalue weighted by Gasteiger charge is 2.23. The summed E-state index contributed by atoms with van der Waals surface area (Å²) >= 11 is 0. The number of carbonyl (C=O) groups excluding carboxylic acids is 1. The molecule has 2 aromatic rings. The number of pyridine rings is 1. The van der Waals surface area contributed by atoms with Crippen LogP contribution in [0.15, 0.2) is 53.7 Å². The van der Waals surface area contributed by atoms with E-state index in [2.05, 4.69) is 51.7 Å². The molecular weight excluding hydrogens is 388 g/mol. The highest BCUT2D eigenvalue weighted by atomic mass is 16.1. The Morgan fingerprint density at radius 2 is 2.10 bits per heavy atom. The fraction of sp³-hybridized carbons (Fsp3) is 0.458. The van der Waals surface area contributed by atoms with E-state index in [9.17, 15) is 4.79 Å². The van der Waals surface area contributed by atoms with Crippen molar-refractivity contribution in [3.8, 4) is 0 Å². The zero-order valence-corrected chi connectivity index (χ0v) is 18.4. The van der Waals surface area contributed by atoms with Crippen LogP contribution in [0.25, 0.3) is 0 Å². The maximum Gasteiger partial charge on any atom is 0.221 e. The number of carbonyl (C=O) groups is 1. The Labute approximate surface area is 185 Å². The van der Waals surface area contributed by atoms with Gasteiger partial charge in [0.1, 0.15) is 0 Å². The summed E-state index contributed by atoms with van der Waals surface area (Å²) in [7, 11) is 0. The monoisotopic (exact) mass is 422 g/mol. The van der Waals surface area contributed by atoms with Crippen LogP contribution in [0.3, 0.4) is 0 Å². The lowest BCUT2D eigenvalue weighted by molar-refractivity contribution is -0.123. The number of rotatable bonds is 9. The second kappa shape index (κ2) is 12.1. The molecule has 31 heavy (non-hydrogen) atoms. The van der Waals surface area contributed by atoms with E-state index < -0.39 is 0 Å². The van der Waals surface area contributed by atoms with Crippen molar-refractivity contribution >= 4 is 11.9 Å². The van der Waals surface area contributed by atoms with Crippen molar-refractivity contribution in [2.24, 2.45) is 16.6 Å². The van der Waals surface area contributed by atoms with Gasteiger partial charge in [0, 0.05) is 44.5 Å². The number of hydrogen-bond acceptors (Lipinski definition) is 4. The van der Waals surface area contributed by atoms with Gasteiger partial charge < -0.3 is 16.4 Å². The van der Waals surface area contributed by atoms with E-state index in [1.165, 1.54) is 11.1 Å². The minimum Gasteiger partial charge on any atom is -0.369 e. The van der Waals surface area contributed by atoms with Crippen molar-refractivity contribution < 1.29 is 4.79 Å². The summed E-state index contributed by atoms with van der Waals surface area (Å²) in [6.07, 6.45) is 4.59. The van der Waals surface area contributed by atoms with Gasteiger partial charge in [-0.15, -0.1) is 0 Å². The molecule has 1 aromatic carbocycles. The number of benzene rings is 1. The molecule has 0 radical (unpaired) electrons. The van der Waals surface area contributed by atoms with Crippen LogP contribution < -0.4 is 16.4 Å². The van der Waals surface area contributed by atoms with Gasteiger partial charge in [-0.3, -0.25) is 14.7 Å². The number of hydrogen-bond donors (Lipinski definition) is 3. The van der Waals surface area contributed by atoms with Crippen LogP contribution in [-0.4, -0.2) is 47.9 Å². The molecule has 166 valence electrons. The van der Waals surface area contributed by atoms with Gasteiger partial charge in [0.15, 0.2) is 5.96 Å². The highest BCUT2D eigenvalue weighted by molar-refractivity contribution is 5.79. The highest BCUT2D eigenvalue weighted by Crippen LogP contribution is 2.19. The Bertz CT molecular complexity index is 854. The molecule has 1 amide bonds. The number of primary amides is 1. The molecular formula is C24H34N6O. The summed E-state index contributed by atoms with van der Waals surface area (Å²) in [5.41, 5.74) is 8.99. The second-order valence-corrected chi connectivity index (χ2v) is 7.99. The quantitative estimate of drug-likeness (QED) is 0.425. The molecule has 0 bridgehead atoms. The molecule has 1 fully saturated rings. The van der Waals surface area contributed by atoms with Gasteiger partial charge in [-0.05, 0) is 49.6 Å². The predicted octanol–water partition coefficient (Wildman–Crippen LogP) is 2.08. The van der Waals surface area contributed by atoms with Crippen molar-refractivity contribution in [3.63, 3.8) is 0 Å². The van der Waals surface area contributed by atoms with E-state index in [0.717, 1.165) is 63.6 Å². The van der Waals surface area contributed by atoms with Crippen LogP contribution in [0.2, 0.25) is 0 Å². The van der Waals surface area contributed by atoms with Crippen LogP contribution in [0, 0.1) is 5.92 Å². The number of guanidine groups is 1. The van der Waals surface area contributed by atoms with E-state index in [1.807, 2.05) is 24.4 Å². The molecule has 0 saturated carbocycles. The van der Waals surface area contributed by atoms with E-state index in [1.54, 1.807) is 0 Å². The minimum atomic E-state index is -0.181. The Morgan fingerprint density at radius 1 is 1.23 bits per heavy atom. The van der Waals surface area contributed by atoms with E-state index in [0.29, 0.717) is 6.54 Å². The van der Waals surface area contributed by atoms with Gasteiger partial charge in [-0.25, -0.2) is 4.99 Å². The average molecular weight is 423 g/mol. The maximum atomic E-state index is 11.5. The SMILES string of the molecule is CCNC(=NCc1cccc(CN2CCCC(C(N)=O)C2)c1)NCCc1ccccn1. The number of piperidine rings is 1. The van der Waals surface area contributed by atoms with Crippen molar-refractivity contribution in [3.05, 3.63) is 65.5 Å². The zero-order valence-electron chi connectivity index (χ0n) is 18.4. The van der Waals surface area contributed by atoms with E-state index >= 15 is 0 Å². The Kier molecular flexibility index (Phi) is 8.84. The van der Waals surface area contributed by atoms with Crippen molar-refractivity contribution in [2.45, 2.75) is 39.3 Å². The molecule has 2 heterocycles. The molecule has 4 N–H and O–H groups in total. The first-order valence-corrected chi connectivity index (χ1v) is 11.2. The number of likely N-dealkylation sites (tertiary alicyclic amines) is 1. The lowest BCUT2D eigenvalue weighted by atomic mass is 9.97. The fourth-order valence-electron chi connectivity index (χ4n) is 3.88. The van der Waals surface area contributed by atoms with Gasteiger partial charge in [0.05, 0.1) is 12.5 Å². The Hall–Kier alpha value is -2.93. The van der Waals surface area contributed by atoms with Gasteiger partial charge >= 0.3 is 0 Å². The van der Waals surface area contributed by atoms with E-state index in [4.69, 9.17) is 10.7 Å². The molecule has 7 heteroatoms. The first-order valence-electron chi connectivity index (χ1n) is 11.2. The van der Waals surface area contributed by atoms with Crippen molar-refractivity contribution in [1.29, 1.82) is 0 Å². The van der Waals surface area contributed by atoms with Gasteiger partial charge in [0.2, 0.25) is 5.91 Å². The van der Waals surface area contributed by atoms with Gasteiger partial charge in [0.25, 0.3) is 0 Å². The molecule has 1 aliphatic rings. The molecule has 1 unspecified atom stereocenters. The predicted molar refractivity (Wildman–Crippen MR) is 124 cm³/mol. The minimum absolute atomic E-state index is 0.0265. The van der Waals surface area contributed by atoms with Gasteiger partial charge in [-0.1, -0.05) is 30.3 Å². The summed E-state index contributed by atoms with van der Waals surface area (Å²) < 4.78 is 0. The van der Waals surface area contributed by atoms with Crippen LogP contribution in [0.5, 0.6) is 0 Å². The topological polar surface area (TPSA) is 95.6 Å². The largest absolute Gasteiger partial charge is 0.369 e. The number of amides is 1. The molecule has 1 atom stereocenters. The van der Waals surface area contributed by atoms with Crippen LogP contribution in [0.1, 0.15) is 36.6 Å². The molecule has 7 nitrogen and oxygen atoms in total. The molecule has 1 aromatic heterocycles. The summed E-state index contributed by atoms with van der Waals surface area (Å²) in [6.45, 7) is 6.86.